The van der Waals surface area contributed by atoms with Crippen molar-refractivity contribution in [1.82, 2.24) is 10.3 Å². The van der Waals surface area contributed by atoms with Gasteiger partial charge in [0.25, 0.3) is 0 Å². The number of rotatable bonds is 5. The minimum absolute atomic E-state index is 0.00288. The smallest absolute Gasteiger partial charge is 0.220 e. The van der Waals surface area contributed by atoms with Gasteiger partial charge in [0.1, 0.15) is 5.75 Å². The monoisotopic (exact) mass is 348 g/mol. The number of nitrogens with one attached hydrogen (secondary N) is 1. The van der Waals surface area contributed by atoms with Crippen LogP contribution in [0.5, 0.6) is 5.75 Å². The number of fused-ring (bicyclic) bond motifs is 1. The summed E-state index contributed by atoms with van der Waals surface area (Å²) in [4.78, 5) is 16.6. The lowest BCUT2D eigenvalue weighted by Gasteiger charge is -2.26. The predicted molar refractivity (Wildman–Crippen MR) is 97.7 cm³/mol. The van der Waals surface area contributed by atoms with E-state index in [4.69, 9.17) is 9.15 Å². The summed E-state index contributed by atoms with van der Waals surface area (Å²) in [7, 11) is 0. The third-order valence-corrected chi connectivity index (χ3v) is 4.47. The number of carbonyl (C=O) groups excluding carboxylic acids is 1. The molecule has 3 aromatic rings. The Bertz CT molecular complexity index is 889. The van der Waals surface area contributed by atoms with Crippen molar-refractivity contribution in [3.63, 3.8) is 0 Å². The molecule has 132 valence electrons. The lowest BCUT2D eigenvalue weighted by molar-refractivity contribution is -0.122. The molecule has 2 heterocycles. The van der Waals surface area contributed by atoms with Crippen LogP contribution in [-0.4, -0.2) is 17.5 Å². The van der Waals surface area contributed by atoms with Crippen LogP contribution in [0.15, 0.2) is 65.2 Å². The summed E-state index contributed by atoms with van der Waals surface area (Å²) < 4.78 is 11.4. The van der Waals surface area contributed by atoms with Crippen molar-refractivity contribution in [1.29, 1.82) is 0 Å². The van der Waals surface area contributed by atoms with Crippen molar-refractivity contribution in [3.05, 3.63) is 72.2 Å². The van der Waals surface area contributed by atoms with E-state index in [2.05, 4.69) is 10.3 Å². The first-order valence-electron chi connectivity index (χ1n) is 8.81. The van der Waals surface area contributed by atoms with Crippen LogP contribution in [0.3, 0.4) is 0 Å². The van der Waals surface area contributed by atoms with Crippen LogP contribution < -0.4 is 10.1 Å². The molecule has 4 rings (SSSR count). The fourth-order valence-electron chi connectivity index (χ4n) is 3.14. The van der Waals surface area contributed by atoms with E-state index in [1.54, 1.807) is 6.20 Å². The summed E-state index contributed by atoms with van der Waals surface area (Å²) >= 11 is 0. The van der Waals surface area contributed by atoms with Crippen molar-refractivity contribution in [2.75, 3.05) is 6.61 Å². The number of ether oxygens (including phenoxy) is 1. The third kappa shape index (κ3) is 3.61. The average Bonchev–Trinajstić information content (AvgIpc) is 3.17. The van der Waals surface area contributed by atoms with Gasteiger partial charge in [-0.15, -0.1) is 0 Å². The molecule has 0 saturated carbocycles. The highest BCUT2D eigenvalue weighted by Crippen LogP contribution is 2.31. The summed E-state index contributed by atoms with van der Waals surface area (Å²) in [6.45, 7) is 0.613. The first kappa shape index (κ1) is 16.4. The summed E-state index contributed by atoms with van der Waals surface area (Å²) in [5, 5.41) is 3.10. The van der Waals surface area contributed by atoms with Gasteiger partial charge in [-0.2, -0.15) is 0 Å². The summed E-state index contributed by atoms with van der Waals surface area (Å²) in [6.07, 6.45) is 3.30. The van der Waals surface area contributed by atoms with E-state index in [1.807, 2.05) is 54.6 Å². The van der Waals surface area contributed by atoms with Crippen LogP contribution in [0, 0.1) is 0 Å². The summed E-state index contributed by atoms with van der Waals surface area (Å²) in [5.41, 5.74) is 2.02. The molecule has 5 nitrogen and oxygen atoms in total. The quantitative estimate of drug-likeness (QED) is 0.759. The molecule has 1 amide bonds. The predicted octanol–water partition coefficient (Wildman–Crippen LogP) is 3.91. The lowest BCUT2D eigenvalue weighted by atomic mass is 10.0. The molecule has 0 saturated heterocycles. The molecule has 0 radical (unpaired) electrons. The Kier molecular flexibility index (Phi) is 4.69. The number of aryl methyl sites for hydroxylation is 1. The Morgan fingerprint density at radius 2 is 1.92 bits per heavy atom. The number of aromatic nitrogens is 1. The highest BCUT2D eigenvalue weighted by Gasteiger charge is 2.22. The number of oxazole rings is 1. The van der Waals surface area contributed by atoms with Gasteiger partial charge in [-0.05, 0) is 6.07 Å². The zero-order chi connectivity index (χ0) is 17.8. The maximum Gasteiger partial charge on any atom is 0.220 e. The SMILES string of the molecule is O=C(CCc1ncc(-c2ccccc2)o1)N[C@H]1CCOc2ccccc21. The van der Waals surface area contributed by atoms with Gasteiger partial charge in [-0.25, -0.2) is 4.98 Å². The molecule has 1 atom stereocenters. The van der Waals surface area contributed by atoms with E-state index in [0.717, 1.165) is 29.1 Å². The van der Waals surface area contributed by atoms with Crippen molar-refractivity contribution in [2.24, 2.45) is 0 Å². The van der Waals surface area contributed by atoms with E-state index in [9.17, 15) is 4.79 Å². The molecule has 26 heavy (non-hydrogen) atoms. The van der Waals surface area contributed by atoms with Gasteiger partial charge in [0.05, 0.1) is 18.8 Å². The van der Waals surface area contributed by atoms with E-state index in [1.165, 1.54) is 0 Å². The Balaban J connectivity index is 1.35. The Morgan fingerprint density at radius 1 is 1.12 bits per heavy atom. The second-order valence-corrected chi connectivity index (χ2v) is 6.28. The topological polar surface area (TPSA) is 64.4 Å². The molecule has 0 aliphatic carbocycles. The first-order chi connectivity index (χ1) is 12.8. The fourth-order valence-corrected chi connectivity index (χ4v) is 3.14. The molecule has 0 unspecified atom stereocenters. The molecule has 5 heteroatoms. The van der Waals surface area contributed by atoms with Crippen LogP contribution in [0.25, 0.3) is 11.3 Å². The number of nitrogens with zero attached hydrogens (tertiary/aromatic N) is 1. The maximum absolute atomic E-state index is 12.3. The van der Waals surface area contributed by atoms with Crippen molar-refractivity contribution in [2.45, 2.75) is 25.3 Å². The summed E-state index contributed by atoms with van der Waals surface area (Å²) in [5.74, 6) is 2.14. The minimum atomic E-state index is -0.00818. The maximum atomic E-state index is 12.3. The fraction of sp³-hybridized carbons (Fsp3) is 0.238. The van der Waals surface area contributed by atoms with Gasteiger partial charge >= 0.3 is 0 Å². The largest absolute Gasteiger partial charge is 0.493 e. The molecule has 2 aromatic carbocycles. The minimum Gasteiger partial charge on any atom is -0.493 e. The number of hydrogen-bond acceptors (Lipinski definition) is 4. The molecule has 1 aliphatic heterocycles. The Hall–Kier alpha value is -3.08. The van der Waals surface area contributed by atoms with Crippen LogP contribution >= 0.6 is 0 Å². The van der Waals surface area contributed by atoms with Crippen LogP contribution in [0.2, 0.25) is 0 Å². The number of amides is 1. The molecule has 0 fully saturated rings. The van der Waals surface area contributed by atoms with E-state index in [-0.39, 0.29) is 11.9 Å². The summed E-state index contributed by atoms with van der Waals surface area (Å²) in [6, 6.07) is 17.6. The second kappa shape index (κ2) is 7.44. The zero-order valence-electron chi connectivity index (χ0n) is 14.4. The molecular weight excluding hydrogens is 328 g/mol. The van der Waals surface area contributed by atoms with Gasteiger partial charge in [0.2, 0.25) is 5.91 Å². The molecule has 0 bridgehead atoms. The zero-order valence-corrected chi connectivity index (χ0v) is 14.4. The number of carbonyl (C=O) groups is 1. The molecule has 0 spiro atoms. The van der Waals surface area contributed by atoms with Gasteiger partial charge in [-0.1, -0.05) is 48.5 Å². The molecule has 1 aromatic heterocycles. The van der Waals surface area contributed by atoms with Gasteiger partial charge in [0.15, 0.2) is 11.7 Å². The third-order valence-electron chi connectivity index (χ3n) is 4.47. The van der Waals surface area contributed by atoms with Crippen LogP contribution in [0.4, 0.5) is 0 Å². The Labute approximate surface area is 152 Å². The molecule has 1 aliphatic rings. The van der Waals surface area contributed by atoms with E-state index < -0.39 is 0 Å². The van der Waals surface area contributed by atoms with Gasteiger partial charge in [0, 0.05) is 30.4 Å². The number of hydrogen-bond donors (Lipinski definition) is 1. The van der Waals surface area contributed by atoms with Crippen molar-refractivity contribution in [3.8, 4) is 17.1 Å². The first-order valence-corrected chi connectivity index (χ1v) is 8.81. The Morgan fingerprint density at radius 3 is 2.81 bits per heavy atom. The van der Waals surface area contributed by atoms with Crippen molar-refractivity contribution < 1.29 is 13.9 Å². The van der Waals surface area contributed by atoms with Gasteiger partial charge in [-0.3, -0.25) is 4.79 Å². The van der Waals surface area contributed by atoms with Crippen LogP contribution in [0.1, 0.15) is 30.3 Å². The van der Waals surface area contributed by atoms with Crippen molar-refractivity contribution >= 4 is 5.91 Å². The van der Waals surface area contributed by atoms with Gasteiger partial charge < -0.3 is 14.5 Å². The highest BCUT2D eigenvalue weighted by atomic mass is 16.5. The molecular formula is C21H20N2O3. The molecule has 1 N–H and O–H groups in total. The number of para-hydroxylation sites is 1. The average molecular weight is 348 g/mol. The lowest BCUT2D eigenvalue weighted by Crippen LogP contribution is -2.32. The second-order valence-electron chi connectivity index (χ2n) is 6.28. The normalized spacial score (nSPS) is 15.8. The number of benzene rings is 2. The highest BCUT2D eigenvalue weighted by molar-refractivity contribution is 5.76. The van der Waals surface area contributed by atoms with E-state index in [0.29, 0.717) is 25.3 Å². The van der Waals surface area contributed by atoms with E-state index >= 15 is 0 Å². The van der Waals surface area contributed by atoms with Crippen LogP contribution in [-0.2, 0) is 11.2 Å². The standard InChI is InChI=1S/C21H20N2O3/c24-20(23-17-12-13-25-18-9-5-4-8-16(17)18)10-11-21-22-14-19(26-21)15-6-2-1-3-7-15/h1-9,14,17H,10-13H2,(H,23,24)/t17-/m0/s1.